The minimum absolute atomic E-state index is 0.00278. The predicted molar refractivity (Wildman–Crippen MR) is 51.4 cm³/mol. The third-order valence-corrected chi connectivity index (χ3v) is 2.23. The van der Waals surface area contributed by atoms with Crippen LogP contribution < -0.4 is 0 Å². The van der Waals surface area contributed by atoms with Crippen molar-refractivity contribution in [3.8, 4) is 0 Å². The van der Waals surface area contributed by atoms with Crippen molar-refractivity contribution in [3.63, 3.8) is 0 Å². The lowest BCUT2D eigenvalue weighted by Gasteiger charge is -2.12. The molecular weight excluding hydrogens is 216 g/mol. The Morgan fingerprint density at radius 1 is 1.69 bits per heavy atom. The van der Waals surface area contributed by atoms with Gasteiger partial charge in [-0.2, -0.15) is 5.10 Å². The predicted octanol–water partition coefficient (Wildman–Crippen LogP) is -0.392. The van der Waals surface area contributed by atoms with Gasteiger partial charge >= 0.3 is 5.69 Å². The number of nitrogens with zero attached hydrogens (tertiary/aromatic N) is 4. The molecule has 0 spiro atoms. The molecule has 1 aliphatic rings. The van der Waals surface area contributed by atoms with Crippen molar-refractivity contribution in [1.29, 1.82) is 0 Å². The van der Waals surface area contributed by atoms with Gasteiger partial charge in [-0.25, -0.2) is 0 Å². The molecule has 8 heteroatoms. The number of rotatable bonds is 3. The number of amides is 1. The Balaban J connectivity index is 1.97. The van der Waals surface area contributed by atoms with Crippen LogP contribution in [0.25, 0.3) is 0 Å². The third-order valence-electron chi connectivity index (χ3n) is 2.23. The molecule has 0 saturated carbocycles. The molecule has 0 atom stereocenters. The molecule has 1 aromatic heterocycles. The highest BCUT2D eigenvalue weighted by Crippen LogP contribution is 2.08. The molecule has 0 N–H and O–H groups in total. The van der Waals surface area contributed by atoms with E-state index < -0.39 is 4.92 Å². The number of nitro groups is 1. The average Bonchev–Trinajstić information content (AvgIpc) is 2.87. The van der Waals surface area contributed by atoms with Gasteiger partial charge in [0, 0.05) is 6.54 Å². The van der Waals surface area contributed by atoms with E-state index in [4.69, 9.17) is 4.74 Å². The van der Waals surface area contributed by atoms with Crippen molar-refractivity contribution >= 4 is 11.6 Å². The van der Waals surface area contributed by atoms with Crippen molar-refractivity contribution < 1.29 is 14.5 Å². The van der Waals surface area contributed by atoms with Gasteiger partial charge in [0.25, 0.3) is 0 Å². The molecule has 1 amide bonds. The van der Waals surface area contributed by atoms with Crippen LogP contribution in [0.2, 0.25) is 0 Å². The summed E-state index contributed by atoms with van der Waals surface area (Å²) >= 11 is 0. The normalized spacial score (nSPS) is 15.4. The van der Waals surface area contributed by atoms with E-state index in [-0.39, 0.29) is 24.9 Å². The molecule has 0 aromatic carbocycles. The Morgan fingerprint density at radius 2 is 2.50 bits per heavy atom. The van der Waals surface area contributed by atoms with Crippen LogP contribution in [0.5, 0.6) is 0 Å². The van der Waals surface area contributed by atoms with Gasteiger partial charge in [0.2, 0.25) is 5.91 Å². The average molecular weight is 226 g/mol. The summed E-state index contributed by atoms with van der Waals surface area (Å²) in [6.45, 7) is 1.37. The standard InChI is InChI=1S/C8H10N4O4/c13-8(10-1-2-16-6-10)5-11-4-7(3-9-11)12(14)15/h3-4H,1-2,5-6H2. The first kappa shape index (κ1) is 10.6. The van der Waals surface area contributed by atoms with Crippen LogP contribution in [0.3, 0.4) is 0 Å². The zero-order valence-electron chi connectivity index (χ0n) is 8.40. The highest BCUT2D eigenvalue weighted by atomic mass is 16.6. The van der Waals surface area contributed by atoms with Crippen LogP contribution in [-0.2, 0) is 16.1 Å². The highest BCUT2D eigenvalue weighted by Gasteiger charge is 2.19. The van der Waals surface area contributed by atoms with Crippen molar-refractivity contribution in [2.24, 2.45) is 0 Å². The molecular formula is C8H10N4O4. The van der Waals surface area contributed by atoms with Crippen molar-refractivity contribution in [1.82, 2.24) is 14.7 Å². The Labute approximate surface area is 90.5 Å². The van der Waals surface area contributed by atoms with Crippen LogP contribution >= 0.6 is 0 Å². The van der Waals surface area contributed by atoms with Gasteiger partial charge in [0.1, 0.15) is 25.7 Å². The monoisotopic (exact) mass is 226 g/mol. The van der Waals surface area contributed by atoms with Crippen LogP contribution in [-0.4, -0.2) is 45.4 Å². The van der Waals surface area contributed by atoms with Gasteiger partial charge in [0.05, 0.1) is 11.5 Å². The second kappa shape index (κ2) is 4.27. The third kappa shape index (κ3) is 2.16. The number of hydrogen-bond donors (Lipinski definition) is 0. The van der Waals surface area contributed by atoms with Crippen molar-refractivity contribution in [3.05, 3.63) is 22.5 Å². The van der Waals surface area contributed by atoms with Crippen molar-refractivity contribution in [2.75, 3.05) is 19.9 Å². The Bertz CT molecular complexity index is 410. The van der Waals surface area contributed by atoms with E-state index in [1.165, 1.54) is 15.8 Å². The minimum Gasteiger partial charge on any atom is -0.359 e. The summed E-state index contributed by atoms with van der Waals surface area (Å²) in [5.41, 5.74) is -0.120. The second-order valence-electron chi connectivity index (χ2n) is 3.35. The van der Waals surface area contributed by atoms with E-state index in [9.17, 15) is 14.9 Å². The summed E-state index contributed by atoms with van der Waals surface area (Å²) < 4.78 is 6.28. The van der Waals surface area contributed by atoms with E-state index >= 15 is 0 Å². The van der Waals surface area contributed by atoms with E-state index in [1.807, 2.05) is 0 Å². The maximum absolute atomic E-state index is 11.6. The maximum atomic E-state index is 11.6. The lowest BCUT2D eigenvalue weighted by atomic mass is 10.5. The number of carbonyl (C=O) groups excluding carboxylic acids is 1. The summed E-state index contributed by atoms with van der Waals surface area (Å²) in [6.07, 6.45) is 2.35. The quantitative estimate of drug-likeness (QED) is 0.517. The van der Waals surface area contributed by atoms with E-state index in [0.717, 1.165) is 6.20 Å². The number of ether oxygens (including phenoxy) is 1. The Kier molecular flexibility index (Phi) is 2.82. The van der Waals surface area contributed by atoms with Crippen LogP contribution in [0, 0.1) is 10.1 Å². The van der Waals surface area contributed by atoms with Crippen LogP contribution in [0.15, 0.2) is 12.4 Å². The zero-order chi connectivity index (χ0) is 11.5. The molecule has 2 rings (SSSR count). The van der Waals surface area contributed by atoms with Gasteiger partial charge < -0.3 is 9.64 Å². The largest absolute Gasteiger partial charge is 0.359 e. The molecule has 0 bridgehead atoms. The number of carbonyl (C=O) groups is 1. The fraction of sp³-hybridized carbons (Fsp3) is 0.500. The van der Waals surface area contributed by atoms with Gasteiger partial charge in [-0.1, -0.05) is 0 Å². The molecule has 2 heterocycles. The van der Waals surface area contributed by atoms with Crippen LogP contribution in [0.1, 0.15) is 0 Å². The zero-order valence-corrected chi connectivity index (χ0v) is 8.40. The molecule has 1 aliphatic heterocycles. The molecule has 0 unspecified atom stereocenters. The smallest absolute Gasteiger partial charge is 0.307 e. The first-order chi connectivity index (χ1) is 7.66. The first-order valence-electron chi connectivity index (χ1n) is 4.69. The minimum atomic E-state index is -0.549. The number of aromatic nitrogens is 2. The molecule has 1 saturated heterocycles. The van der Waals surface area contributed by atoms with Gasteiger partial charge in [-0.3, -0.25) is 19.6 Å². The summed E-state index contributed by atoms with van der Waals surface area (Å²) in [7, 11) is 0. The maximum Gasteiger partial charge on any atom is 0.307 e. The lowest BCUT2D eigenvalue weighted by Crippen LogP contribution is -2.31. The van der Waals surface area contributed by atoms with Gasteiger partial charge in [-0.15, -0.1) is 0 Å². The van der Waals surface area contributed by atoms with E-state index in [0.29, 0.717) is 13.2 Å². The molecule has 0 radical (unpaired) electrons. The summed E-state index contributed by atoms with van der Waals surface area (Å²) in [5, 5.41) is 14.1. The second-order valence-corrected chi connectivity index (χ2v) is 3.35. The molecule has 86 valence electrons. The molecule has 0 aliphatic carbocycles. The Morgan fingerprint density at radius 3 is 3.06 bits per heavy atom. The fourth-order valence-corrected chi connectivity index (χ4v) is 1.38. The van der Waals surface area contributed by atoms with E-state index in [1.54, 1.807) is 0 Å². The van der Waals surface area contributed by atoms with Gasteiger partial charge in [-0.05, 0) is 0 Å². The van der Waals surface area contributed by atoms with E-state index in [2.05, 4.69) is 5.10 Å². The topological polar surface area (TPSA) is 90.5 Å². The molecule has 1 fully saturated rings. The fourth-order valence-electron chi connectivity index (χ4n) is 1.38. The Hall–Kier alpha value is -1.96. The van der Waals surface area contributed by atoms with Crippen molar-refractivity contribution in [2.45, 2.75) is 6.54 Å². The molecule has 8 nitrogen and oxygen atoms in total. The summed E-state index contributed by atoms with van der Waals surface area (Å²) in [5.74, 6) is -0.157. The summed E-state index contributed by atoms with van der Waals surface area (Å²) in [4.78, 5) is 23.0. The first-order valence-corrected chi connectivity index (χ1v) is 4.69. The van der Waals surface area contributed by atoms with Crippen LogP contribution in [0.4, 0.5) is 5.69 Å². The molecule has 16 heavy (non-hydrogen) atoms. The summed E-state index contributed by atoms with van der Waals surface area (Å²) in [6, 6.07) is 0. The highest BCUT2D eigenvalue weighted by molar-refractivity contribution is 5.76. The SMILES string of the molecule is O=C(Cn1cc([N+](=O)[O-])cn1)N1CCOC1. The lowest BCUT2D eigenvalue weighted by molar-refractivity contribution is -0.385. The molecule has 1 aromatic rings. The van der Waals surface area contributed by atoms with Gasteiger partial charge in [0.15, 0.2) is 0 Å². The number of hydrogen-bond acceptors (Lipinski definition) is 5.